The molecule has 3 rings (SSSR count). The fourth-order valence-electron chi connectivity index (χ4n) is 3.05. The normalized spacial score (nSPS) is 16.0. The molecule has 0 bridgehead atoms. The molecule has 1 aromatic heterocycles. The van der Waals surface area contributed by atoms with E-state index in [4.69, 9.17) is 0 Å². The number of nitrogens with zero attached hydrogens (tertiary/aromatic N) is 2. The van der Waals surface area contributed by atoms with Gasteiger partial charge in [-0.05, 0) is 42.2 Å². The Bertz CT molecular complexity index is 668. The van der Waals surface area contributed by atoms with Gasteiger partial charge in [-0.2, -0.15) is 0 Å². The van der Waals surface area contributed by atoms with Gasteiger partial charge in [0.2, 0.25) is 5.91 Å². The van der Waals surface area contributed by atoms with E-state index in [2.05, 4.69) is 4.98 Å². The molecule has 0 N–H and O–H groups in total. The predicted molar refractivity (Wildman–Crippen MR) is 87.4 cm³/mol. The van der Waals surface area contributed by atoms with Gasteiger partial charge in [0.15, 0.2) is 0 Å². The summed E-state index contributed by atoms with van der Waals surface area (Å²) in [7, 11) is 0. The van der Waals surface area contributed by atoms with Crippen LogP contribution in [0.2, 0.25) is 0 Å². The molecule has 0 spiro atoms. The van der Waals surface area contributed by atoms with Gasteiger partial charge in [-0.15, -0.1) is 0 Å². The summed E-state index contributed by atoms with van der Waals surface area (Å²) in [4.78, 5) is 18.5. The first-order chi connectivity index (χ1) is 11.1. The van der Waals surface area contributed by atoms with Crippen LogP contribution in [-0.2, 0) is 11.2 Å². The smallest absolute Gasteiger partial charge is 0.222 e. The van der Waals surface area contributed by atoms with E-state index in [1.165, 1.54) is 6.07 Å². The van der Waals surface area contributed by atoms with Crippen molar-refractivity contribution in [2.45, 2.75) is 25.7 Å². The van der Waals surface area contributed by atoms with Gasteiger partial charge in [-0.25, -0.2) is 4.39 Å². The van der Waals surface area contributed by atoms with E-state index in [0.29, 0.717) is 12.3 Å². The molecule has 1 aliphatic heterocycles. The summed E-state index contributed by atoms with van der Waals surface area (Å²) in [5.74, 6) is 0.528. The molecule has 23 heavy (non-hydrogen) atoms. The third kappa shape index (κ3) is 3.95. The zero-order chi connectivity index (χ0) is 16.2. The highest BCUT2D eigenvalue weighted by Crippen LogP contribution is 2.26. The molecule has 0 aliphatic carbocycles. The maximum Gasteiger partial charge on any atom is 0.222 e. The van der Waals surface area contributed by atoms with Crippen molar-refractivity contribution < 1.29 is 9.18 Å². The van der Waals surface area contributed by atoms with E-state index in [-0.39, 0.29) is 17.6 Å². The zero-order valence-corrected chi connectivity index (χ0v) is 13.3. The summed E-state index contributed by atoms with van der Waals surface area (Å²) in [6, 6.07) is 12.5. The molecule has 1 amide bonds. The lowest BCUT2D eigenvalue weighted by molar-refractivity contribution is -0.136. The van der Waals surface area contributed by atoms with Crippen molar-refractivity contribution >= 4 is 5.91 Å². The Balaban J connectivity index is 1.47. The second-order valence-corrected chi connectivity index (χ2v) is 6.39. The maximum absolute atomic E-state index is 13.2. The number of hydrogen-bond acceptors (Lipinski definition) is 2. The van der Waals surface area contributed by atoms with Crippen molar-refractivity contribution in [1.29, 1.82) is 0 Å². The Hall–Kier alpha value is -2.23. The molecular weight excluding hydrogens is 291 g/mol. The van der Waals surface area contributed by atoms with Crippen LogP contribution < -0.4 is 0 Å². The van der Waals surface area contributed by atoms with Gasteiger partial charge in [0.05, 0.1) is 0 Å². The van der Waals surface area contributed by atoms with Crippen molar-refractivity contribution in [3.8, 4) is 0 Å². The molecule has 1 aliphatic rings. The fraction of sp³-hybridized carbons (Fsp3) is 0.368. The molecule has 1 unspecified atom stereocenters. The second kappa shape index (κ2) is 6.90. The number of halogens is 1. The first-order valence-corrected chi connectivity index (χ1v) is 8.05. The Kier molecular flexibility index (Phi) is 4.70. The largest absolute Gasteiger partial charge is 0.341 e. The van der Waals surface area contributed by atoms with Gasteiger partial charge < -0.3 is 4.90 Å². The third-order valence-corrected chi connectivity index (χ3v) is 4.34. The highest BCUT2D eigenvalue weighted by Gasteiger charge is 2.32. The fourth-order valence-corrected chi connectivity index (χ4v) is 3.05. The van der Waals surface area contributed by atoms with Gasteiger partial charge >= 0.3 is 0 Å². The predicted octanol–water partition coefficient (Wildman–Crippen LogP) is 3.42. The highest BCUT2D eigenvalue weighted by atomic mass is 19.1. The topological polar surface area (TPSA) is 33.2 Å². The first-order valence-electron chi connectivity index (χ1n) is 8.05. The van der Waals surface area contributed by atoms with E-state index in [0.717, 1.165) is 30.8 Å². The minimum Gasteiger partial charge on any atom is -0.341 e. The van der Waals surface area contributed by atoms with Crippen molar-refractivity contribution in [2.75, 3.05) is 13.1 Å². The molecule has 1 aromatic carbocycles. The summed E-state index contributed by atoms with van der Waals surface area (Å²) in [6.07, 6.45) is 3.02. The number of likely N-dealkylation sites (tertiary alicyclic amines) is 1. The number of pyridine rings is 1. The quantitative estimate of drug-likeness (QED) is 0.847. The average molecular weight is 312 g/mol. The van der Waals surface area contributed by atoms with E-state index in [9.17, 15) is 9.18 Å². The standard InChI is InChI=1S/C19H21FN2O/c1-14(9-15-5-4-6-17(20)11-15)10-19(23)22-12-16(13-22)18-7-2-3-8-21-18/h2-8,11,14,16H,9-10,12-13H2,1H3. The molecule has 4 heteroatoms. The van der Waals surface area contributed by atoms with Gasteiger partial charge in [-0.1, -0.05) is 25.1 Å². The molecular formula is C19H21FN2O. The van der Waals surface area contributed by atoms with Crippen LogP contribution >= 0.6 is 0 Å². The van der Waals surface area contributed by atoms with Gasteiger partial charge in [0.25, 0.3) is 0 Å². The lowest BCUT2D eigenvalue weighted by atomic mass is 9.93. The Morgan fingerprint density at radius 1 is 1.30 bits per heavy atom. The molecule has 2 heterocycles. The minimum absolute atomic E-state index is 0.182. The summed E-state index contributed by atoms with van der Waals surface area (Å²) in [5, 5.41) is 0. The minimum atomic E-state index is -0.220. The van der Waals surface area contributed by atoms with E-state index < -0.39 is 0 Å². The molecule has 1 fully saturated rings. The number of carbonyl (C=O) groups excluding carboxylic acids is 1. The molecule has 1 atom stereocenters. The highest BCUT2D eigenvalue weighted by molar-refractivity contribution is 5.77. The number of amides is 1. The Morgan fingerprint density at radius 2 is 2.13 bits per heavy atom. The van der Waals surface area contributed by atoms with Gasteiger partial charge in [0, 0.05) is 37.3 Å². The zero-order valence-electron chi connectivity index (χ0n) is 13.3. The monoisotopic (exact) mass is 312 g/mol. The first kappa shape index (κ1) is 15.7. The van der Waals surface area contributed by atoms with Crippen LogP contribution in [0, 0.1) is 11.7 Å². The van der Waals surface area contributed by atoms with Crippen molar-refractivity contribution in [1.82, 2.24) is 9.88 Å². The molecule has 1 saturated heterocycles. The second-order valence-electron chi connectivity index (χ2n) is 6.39. The average Bonchev–Trinajstić information content (AvgIpc) is 2.46. The van der Waals surface area contributed by atoms with Gasteiger partial charge in [0.1, 0.15) is 5.82 Å². The summed E-state index contributed by atoms with van der Waals surface area (Å²) in [6.45, 7) is 3.55. The number of hydrogen-bond donors (Lipinski definition) is 0. The van der Waals surface area contributed by atoms with Crippen LogP contribution in [-0.4, -0.2) is 28.9 Å². The Labute approximate surface area is 136 Å². The number of aromatic nitrogens is 1. The third-order valence-electron chi connectivity index (χ3n) is 4.34. The van der Waals surface area contributed by atoms with E-state index in [1.807, 2.05) is 36.1 Å². The molecule has 2 aromatic rings. The molecule has 0 saturated carbocycles. The maximum atomic E-state index is 13.2. The van der Waals surface area contributed by atoms with Gasteiger partial charge in [-0.3, -0.25) is 9.78 Å². The van der Waals surface area contributed by atoms with Crippen LogP contribution in [0.3, 0.4) is 0 Å². The van der Waals surface area contributed by atoms with Crippen LogP contribution in [0.4, 0.5) is 4.39 Å². The summed E-state index contributed by atoms with van der Waals surface area (Å²) in [5.41, 5.74) is 2.00. The SMILES string of the molecule is CC(CC(=O)N1CC(c2ccccn2)C1)Cc1cccc(F)c1. The summed E-state index contributed by atoms with van der Waals surface area (Å²) < 4.78 is 13.2. The van der Waals surface area contributed by atoms with Crippen molar-refractivity contribution in [3.05, 3.63) is 65.7 Å². The number of carbonyl (C=O) groups is 1. The van der Waals surface area contributed by atoms with Crippen LogP contribution in [0.25, 0.3) is 0 Å². The summed E-state index contributed by atoms with van der Waals surface area (Å²) >= 11 is 0. The lowest BCUT2D eigenvalue weighted by Gasteiger charge is -2.39. The molecule has 3 nitrogen and oxygen atoms in total. The van der Waals surface area contributed by atoms with Crippen molar-refractivity contribution in [2.24, 2.45) is 5.92 Å². The molecule has 0 radical (unpaired) electrons. The van der Waals surface area contributed by atoms with Crippen LogP contribution in [0.1, 0.15) is 30.5 Å². The van der Waals surface area contributed by atoms with Crippen LogP contribution in [0.15, 0.2) is 48.7 Å². The lowest BCUT2D eigenvalue weighted by Crippen LogP contribution is -2.49. The van der Waals surface area contributed by atoms with E-state index >= 15 is 0 Å². The Morgan fingerprint density at radius 3 is 2.83 bits per heavy atom. The number of rotatable bonds is 5. The van der Waals surface area contributed by atoms with E-state index in [1.54, 1.807) is 18.3 Å². The van der Waals surface area contributed by atoms with Crippen LogP contribution in [0.5, 0.6) is 0 Å². The van der Waals surface area contributed by atoms with Crippen molar-refractivity contribution in [3.63, 3.8) is 0 Å². The number of benzene rings is 1. The molecule has 120 valence electrons.